The standard InChI is InChI=1S/C11H19NO2S2/c1-3-16(13,14)9-10(2)12-7-6-11-5-4-8-15-11/h4-5,8,10,12H,3,6-7,9H2,1-2H3. The van der Waals surface area contributed by atoms with Gasteiger partial charge in [0.2, 0.25) is 0 Å². The maximum atomic E-state index is 11.4. The van der Waals surface area contributed by atoms with Crippen LogP contribution in [0.4, 0.5) is 0 Å². The molecule has 1 aromatic heterocycles. The van der Waals surface area contributed by atoms with Gasteiger partial charge in [-0.15, -0.1) is 11.3 Å². The van der Waals surface area contributed by atoms with Crippen molar-refractivity contribution in [2.75, 3.05) is 18.1 Å². The number of hydrogen-bond donors (Lipinski definition) is 1. The Morgan fingerprint density at radius 1 is 1.50 bits per heavy atom. The van der Waals surface area contributed by atoms with Crippen LogP contribution >= 0.6 is 11.3 Å². The molecule has 0 saturated heterocycles. The van der Waals surface area contributed by atoms with Crippen molar-refractivity contribution in [1.82, 2.24) is 5.32 Å². The summed E-state index contributed by atoms with van der Waals surface area (Å²) in [4.78, 5) is 1.33. The molecule has 0 radical (unpaired) electrons. The molecule has 1 aromatic rings. The second kappa shape index (κ2) is 6.37. The summed E-state index contributed by atoms with van der Waals surface area (Å²) in [6, 6.07) is 4.16. The third-order valence-corrected chi connectivity index (χ3v) is 5.21. The zero-order chi connectivity index (χ0) is 12.0. The van der Waals surface area contributed by atoms with Gasteiger partial charge in [-0.05, 0) is 24.8 Å². The van der Waals surface area contributed by atoms with Crippen molar-refractivity contribution in [2.24, 2.45) is 0 Å². The van der Waals surface area contributed by atoms with Gasteiger partial charge >= 0.3 is 0 Å². The van der Waals surface area contributed by atoms with E-state index < -0.39 is 9.84 Å². The van der Waals surface area contributed by atoms with Crippen LogP contribution in [0, 0.1) is 0 Å². The molecule has 5 heteroatoms. The average Bonchev–Trinajstić information content (AvgIpc) is 2.70. The predicted molar refractivity (Wildman–Crippen MR) is 69.8 cm³/mol. The maximum absolute atomic E-state index is 11.4. The number of thiophene rings is 1. The molecule has 0 saturated carbocycles. The Balaban J connectivity index is 2.23. The van der Waals surface area contributed by atoms with Crippen molar-refractivity contribution in [3.8, 4) is 0 Å². The summed E-state index contributed by atoms with van der Waals surface area (Å²) in [6.07, 6.45) is 0.966. The first-order valence-corrected chi connectivity index (χ1v) is 8.20. The highest BCUT2D eigenvalue weighted by Gasteiger charge is 2.12. The van der Waals surface area contributed by atoms with E-state index in [1.165, 1.54) is 4.88 Å². The fraction of sp³-hybridized carbons (Fsp3) is 0.636. The van der Waals surface area contributed by atoms with Crippen LogP contribution in [0.15, 0.2) is 17.5 Å². The van der Waals surface area contributed by atoms with Gasteiger partial charge in [0.1, 0.15) is 0 Å². The number of sulfone groups is 1. The van der Waals surface area contributed by atoms with Crippen molar-refractivity contribution in [3.05, 3.63) is 22.4 Å². The van der Waals surface area contributed by atoms with Crippen molar-refractivity contribution in [3.63, 3.8) is 0 Å². The summed E-state index contributed by atoms with van der Waals surface area (Å²) in [5, 5.41) is 5.29. The van der Waals surface area contributed by atoms with Gasteiger partial charge in [0.25, 0.3) is 0 Å². The molecule has 0 amide bonds. The van der Waals surface area contributed by atoms with Crippen LogP contribution < -0.4 is 5.32 Å². The van der Waals surface area contributed by atoms with Crippen LogP contribution in [0.3, 0.4) is 0 Å². The molecule has 0 aliphatic carbocycles. The minimum absolute atomic E-state index is 0.0323. The van der Waals surface area contributed by atoms with E-state index >= 15 is 0 Å². The van der Waals surface area contributed by atoms with Crippen LogP contribution in [0.25, 0.3) is 0 Å². The lowest BCUT2D eigenvalue weighted by molar-refractivity contribution is 0.559. The molecule has 1 N–H and O–H groups in total. The van der Waals surface area contributed by atoms with Gasteiger partial charge in [0.15, 0.2) is 9.84 Å². The molecule has 0 aliphatic rings. The van der Waals surface area contributed by atoms with E-state index in [4.69, 9.17) is 0 Å². The molecule has 92 valence electrons. The Labute approximate surface area is 102 Å². The SMILES string of the molecule is CCS(=O)(=O)CC(C)NCCc1cccs1. The van der Waals surface area contributed by atoms with E-state index in [-0.39, 0.29) is 17.5 Å². The first kappa shape index (κ1) is 13.7. The normalized spacial score (nSPS) is 13.9. The summed E-state index contributed by atoms with van der Waals surface area (Å²) < 4.78 is 22.7. The number of nitrogens with one attached hydrogen (secondary N) is 1. The molecule has 0 aliphatic heterocycles. The first-order chi connectivity index (χ1) is 7.53. The van der Waals surface area contributed by atoms with Crippen molar-refractivity contribution in [2.45, 2.75) is 26.3 Å². The second-order valence-electron chi connectivity index (χ2n) is 3.88. The van der Waals surface area contributed by atoms with Crippen LogP contribution in [-0.4, -0.2) is 32.5 Å². The number of hydrogen-bond acceptors (Lipinski definition) is 4. The highest BCUT2D eigenvalue weighted by Crippen LogP contribution is 2.08. The van der Waals surface area contributed by atoms with Gasteiger partial charge in [0, 0.05) is 23.2 Å². The largest absolute Gasteiger partial charge is 0.313 e. The highest BCUT2D eigenvalue weighted by atomic mass is 32.2. The zero-order valence-electron chi connectivity index (χ0n) is 9.77. The van der Waals surface area contributed by atoms with E-state index in [0.29, 0.717) is 0 Å². The predicted octanol–water partition coefficient (Wildman–Crippen LogP) is 1.70. The Bertz CT molecular complexity index is 384. The molecule has 1 heterocycles. The van der Waals surface area contributed by atoms with Gasteiger partial charge in [-0.25, -0.2) is 8.42 Å². The highest BCUT2D eigenvalue weighted by molar-refractivity contribution is 7.91. The van der Waals surface area contributed by atoms with Crippen molar-refractivity contribution >= 4 is 21.2 Å². The van der Waals surface area contributed by atoms with Gasteiger partial charge in [-0.2, -0.15) is 0 Å². The fourth-order valence-corrected chi connectivity index (χ4v) is 3.28. The maximum Gasteiger partial charge on any atom is 0.151 e. The molecular weight excluding hydrogens is 242 g/mol. The fourth-order valence-electron chi connectivity index (χ4n) is 1.45. The average molecular weight is 261 g/mol. The molecule has 1 unspecified atom stereocenters. The van der Waals surface area contributed by atoms with E-state index in [0.717, 1.165) is 13.0 Å². The van der Waals surface area contributed by atoms with E-state index in [1.54, 1.807) is 18.3 Å². The molecule has 3 nitrogen and oxygen atoms in total. The zero-order valence-corrected chi connectivity index (χ0v) is 11.4. The van der Waals surface area contributed by atoms with E-state index in [1.807, 2.05) is 13.0 Å². The Morgan fingerprint density at radius 3 is 2.81 bits per heavy atom. The lowest BCUT2D eigenvalue weighted by Crippen LogP contribution is -2.34. The van der Waals surface area contributed by atoms with Crippen LogP contribution in [0.2, 0.25) is 0 Å². The van der Waals surface area contributed by atoms with Crippen LogP contribution in [0.1, 0.15) is 18.7 Å². The van der Waals surface area contributed by atoms with E-state index in [2.05, 4.69) is 16.8 Å². The lowest BCUT2D eigenvalue weighted by Gasteiger charge is -2.12. The molecule has 0 bridgehead atoms. The molecule has 1 rings (SSSR count). The van der Waals surface area contributed by atoms with E-state index in [9.17, 15) is 8.42 Å². The molecule has 1 atom stereocenters. The molecule has 16 heavy (non-hydrogen) atoms. The van der Waals surface area contributed by atoms with Crippen LogP contribution in [-0.2, 0) is 16.3 Å². The van der Waals surface area contributed by atoms with Crippen LogP contribution in [0.5, 0.6) is 0 Å². The van der Waals surface area contributed by atoms with Gasteiger partial charge < -0.3 is 5.32 Å². The molecule has 0 aromatic carbocycles. The summed E-state index contributed by atoms with van der Waals surface area (Å²) in [5.74, 6) is 0.456. The van der Waals surface area contributed by atoms with Gasteiger partial charge in [-0.3, -0.25) is 0 Å². The van der Waals surface area contributed by atoms with Crippen molar-refractivity contribution < 1.29 is 8.42 Å². The minimum Gasteiger partial charge on any atom is -0.313 e. The summed E-state index contributed by atoms with van der Waals surface area (Å²) >= 11 is 1.73. The summed E-state index contributed by atoms with van der Waals surface area (Å²) in [7, 11) is -2.86. The monoisotopic (exact) mass is 261 g/mol. The second-order valence-corrected chi connectivity index (χ2v) is 7.31. The van der Waals surface area contributed by atoms with Gasteiger partial charge in [-0.1, -0.05) is 13.0 Å². The summed E-state index contributed by atoms with van der Waals surface area (Å²) in [6.45, 7) is 4.44. The molecular formula is C11H19NO2S2. The minimum atomic E-state index is -2.86. The first-order valence-electron chi connectivity index (χ1n) is 5.49. The Hall–Kier alpha value is -0.390. The summed E-state index contributed by atoms with van der Waals surface area (Å²) in [5.41, 5.74) is 0. The third-order valence-electron chi connectivity index (χ3n) is 2.39. The van der Waals surface area contributed by atoms with Gasteiger partial charge in [0.05, 0.1) is 5.75 Å². The topological polar surface area (TPSA) is 46.2 Å². The molecule has 0 spiro atoms. The smallest absolute Gasteiger partial charge is 0.151 e. The quantitative estimate of drug-likeness (QED) is 0.812. The lowest BCUT2D eigenvalue weighted by atomic mass is 10.3. The Morgan fingerprint density at radius 2 is 2.25 bits per heavy atom. The molecule has 0 fully saturated rings. The third kappa shape index (κ3) is 5.09. The Kier molecular flexibility index (Phi) is 5.44. The van der Waals surface area contributed by atoms with Crippen molar-refractivity contribution in [1.29, 1.82) is 0 Å². The number of rotatable bonds is 7.